The monoisotopic (exact) mass is 453 g/mol. The second kappa shape index (κ2) is 10.1. The zero-order valence-electron chi connectivity index (χ0n) is 19.4. The van der Waals surface area contributed by atoms with Crippen molar-refractivity contribution in [2.24, 2.45) is 0 Å². The molecule has 2 N–H and O–H groups in total. The average molecular weight is 454 g/mol. The molecule has 172 valence electrons. The summed E-state index contributed by atoms with van der Waals surface area (Å²) in [6, 6.07) is 18.2. The number of nitrogens with one attached hydrogen (secondary N) is 2. The summed E-state index contributed by atoms with van der Waals surface area (Å²) in [6.45, 7) is 5.00. The van der Waals surface area contributed by atoms with Crippen molar-refractivity contribution in [2.45, 2.75) is 56.7 Å². The molecule has 1 saturated carbocycles. The number of benzene rings is 2. The van der Waals surface area contributed by atoms with Gasteiger partial charge in [-0.25, -0.2) is 0 Å². The normalized spacial score (nSPS) is 25.1. The van der Waals surface area contributed by atoms with Crippen LogP contribution in [0.3, 0.4) is 0 Å². The van der Waals surface area contributed by atoms with Gasteiger partial charge in [-0.1, -0.05) is 36.4 Å². The molecule has 2 aliphatic rings. The van der Waals surface area contributed by atoms with E-state index < -0.39 is 0 Å². The Kier molecular flexibility index (Phi) is 7.21. The largest absolute Gasteiger partial charge is 0.493 e. The number of methoxy groups -OCH3 is 2. The van der Waals surface area contributed by atoms with Crippen molar-refractivity contribution in [3.05, 3.63) is 59.7 Å². The van der Waals surface area contributed by atoms with Crippen LogP contribution in [0.25, 0.3) is 0 Å². The van der Waals surface area contributed by atoms with Gasteiger partial charge in [-0.05, 0) is 74.6 Å². The smallest absolute Gasteiger partial charge is 0.166 e. The molecule has 1 aliphatic carbocycles. The maximum atomic E-state index is 5.66. The van der Waals surface area contributed by atoms with E-state index in [4.69, 9.17) is 21.7 Å². The van der Waals surface area contributed by atoms with E-state index in [1.54, 1.807) is 14.2 Å². The second-order valence-corrected chi connectivity index (χ2v) is 9.33. The van der Waals surface area contributed by atoms with Crippen LogP contribution in [-0.2, 0) is 12.0 Å². The molecule has 0 aromatic heterocycles. The van der Waals surface area contributed by atoms with Gasteiger partial charge in [0.2, 0.25) is 0 Å². The standard InChI is InChI=1S/C26H35N3O2S/c1-4-27-25(32)28-21-12-13-26(20-10-11-22(30-2)23(16-20)31-3)14-15-29(24(26)17-21)18-19-8-6-5-7-9-19/h5-11,16,21,24H,4,12-15,17-18H2,1-3H3,(H2,27,28,32). The quantitative estimate of drug-likeness (QED) is 0.611. The summed E-state index contributed by atoms with van der Waals surface area (Å²) in [5, 5.41) is 7.59. The Balaban J connectivity index is 1.63. The first-order chi connectivity index (χ1) is 15.6. The topological polar surface area (TPSA) is 45.8 Å². The molecule has 3 atom stereocenters. The SMILES string of the molecule is CCNC(=S)NC1CCC2(c3ccc(OC)c(OC)c3)CCN(Cc3ccccc3)C2C1. The van der Waals surface area contributed by atoms with Gasteiger partial charge in [-0.15, -0.1) is 0 Å². The van der Waals surface area contributed by atoms with Crippen LogP contribution in [-0.4, -0.2) is 49.4 Å². The van der Waals surface area contributed by atoms with Crippen molar-refractivity contribution in [1.29, 1.82) is 0 Å². The highest BCUT2D eigenvalue weighted by molar-refractivity contribution is 7.80. The number of fused-ring (bicyclic) bond motifs is 1. The van der Waals surface area contributed by atoms with Gasteiger partial charge in [-0.2, -0.15) is 0 Å². The molecule has 1 aliphatic heterocycles. The number of ether oxygens (including phenoxy) is 2. The summed E-state index contributed by atoms with van der Waals surface area (Å²) >= 11 is 5.50. The molecule has 0 spiro atoms. The molecule has 3 unspecified atom stereocenters. The molecule has 1 saturated heterocycles. The summed E-state index contributed by atoms with van der Waals surface area (Å²) in [7, 11) is 3.41. The first kappa shape index (κ1) is 22.9. The lowest BCUT2D eigenvalue weighted by Crippen LogP contribution is -2.53. The predicted molar refractivity (Wildman–Crippen MR) is 134 cm³/mol. The van der Waals surface area contributed by atoms with Gasteiger partial charge < -0.3 is 20.1 Å². The van der Waals surface area contributed by atoms with Crippen molar-refractivity contribution < 1.29 is 9.47 Å². The minimum atomic E-state index is 0.117. The van der Waals surface area contributed by atoms with E-state index in [2.05, 4.69) is 71.0 Å². The molecule has 2 fully saturated rings. The number of likely N-dealkylation sites (tertiary alicyclic amines) is 1. The van der Waals surface area contributed by atoms with E-state index in [0.717, 1.165) is 61.9 Å². The number of thiocarbonyl (C=S) groups is 1. The Bertz CT molecular complexity index is 923. The van der Waals surface area contributed by atoms with Crippen molar-refractivity contribution in [1.82, 2.24) is 15.5 Å². The third-order valence-corrected chi connectivity index (χ3v) is 7.49. The third kappa shape index (κ3) is 4.57. The number of rotatable bonds is 7. The van der Waals surface area contributed by atoms with Crippen LogP contribution in [0.5, 0.6) is 11.5 Å². The lowest BCUT2D eigenvalue weighted by atomic mass is 9.65. The van der Waals surface area contributed by atoms with Crippen LogP contribution in [0.1, 0.15) is 43.7 Å². The summed E-state index contributed by atoms with van der Waals surface area (Å²) in [5.74, 6) is 1.60. The fourth-order valence-electron chi connectivity index (χ4n) is 5.66. The van der Waals surface area contributed by atoms with Gasteiger partial charge in [0.25, 0.3) is 0 Å². The first-order valence-corrected chi connectivity index (χ1v) is 12.0. The molecule has 0 amide bonds. The summed E-state index contributed by atoms with van der Waals surface area (Å²) in [6.07, 6.45) is 4.47. The highest BCUT2D eigenvalue weighted by atomic mass is 32.1. The van der Waals surface area contributed by atoms with Crippen molar-refractivity contribution in [3.63, 3.8) is 0 Å². The number of hydrogen-bond acceptors (Lipinski definition) is 4. The predicted octanol–water partition coefficient (Wildman–Crippen LogP) is 4.25. The molecule has 2 aromatic carbocycles. The van der Waals surface area contributed by atoms with Gasteiger partial charge >= 0.3 is 0 Å². The molecule has 1 heterocycles. The van der Waals surface area contributed by atoms with E-state index >= 15 is 0 Å². The lowest BCUT2D eigenvalue weighted by Gasteiger charge is -2.46. The molecule has 32 heavy (non-hydrogen) atoms. The second-order valence-electron chi connectivity index (χ2n) is 8.92. The van der Waals surface area contributed by atoms with Crippen LogP contribution < -0.4 is 20.1 Å². The number of hydrogen-bond donors (Lipinski definition) is 2. The summed E-state index contributed by atoms with van der Waals surface area (Å²) in [4.78, 5) is 2.68. The molecule has 4 rings (SSSR count). The Morgan fingerprint density at radius 3 is 2.59 bits per heavy atom. The van der Waals surface area contributed by atoms with Crippen LogP contribution in [0.4, 0.5) is 0 Å². The molecule has 2 aromatic rings. The van der Waals surface area contributed by atoms with E-state index in [0.29, 0.717) is 12.1 Å². The van der Waals surface area contributed by atoms with Crippen LogP contribution in [0.15, 0.2) is 48.5 Å². The Morgan fingerprint density at radius 2 is 1.88 bits per heavy atom. The molecule has 5 nitrogen and oxygen atoms in total. The van der Waals surface area contributed by atoms with Gasteiger partial charge in [0.05, 0.1) is 14.2 Å². The minimum Gasteiger partial charge on any atom is -0.493 e. The molecule has 0 radical (unpaired) electrons. The van der Waals surface area contributed by atoms with Gasteiger partial charge in [-0.3, -0.25) is 4.90 Å². The van der Waals surface area contributed by atoms with E-state index in [1.165, 1.54) is 11.1 Å². The summed E-state index contributed by atoms with van der Waals surface area (Å²) < 4.78 is 11.2. The van der Waals surface area contributed by atoms with E-state index in [1.807, 2.05) is 0 Å². The Morgan fingerprint density at radius 1 is 1.09 bits per heavy atom. The van der Waals surface area contributed by atoms with Gasteiger partial charge in [0, 0.05) is 30.6 Å². The fourth-order valence-corrected chi connectivity index (χ4v) is 5.97. The van der Waals surface area contributed by atoms with E-state index in [9.17, 15) is 0 Å². The van der Waals surface area contributed by atoms with Crippen LogP contribution in [0.2, 0.25) is 0 Å². The van der Waals surface area contributed by atoms with Crippen LogP contribution in [0, 0.1) is 0 Å². The Hall–Kier alpha value is -2.31. The first-order valence-electron chi connectivity index (χ1n) is 11.6. The highest BCUT2D eigenvalue weighted by Crippen LogP contribution is 2.50. The lowest BCUT2D eigenvalue weighted by molar-refractivity contribution is 0.134. The average Bonchev–Trinajstić information content (AvgIpc) is 3.18. The molecule has 0 bridgehead atoms. The van der Waals surface area contributed by atoms with E-state index in [-0.39, 0.29) is 5.41 Å². The maximum Gasteiger partial charge on any atom is 0.166 e. The van der Waals surface area contributed by atoms with Gasteiger partial charge in [0.1, 0.15) is 0 Å². The number of nitrogens with zero attached hydrogens (tertiary/aromatic N) is 1. The Labute approximate surface area is 197 Å². The van der Waals surface area contributed by atoms with Crippen molar-refractivity contribution >= 4 is 17.3 Å². The van der Waals surface area contributed by atoms with Crippen molar-refractivity contribution in [2.75, 3.05) is 27.3 Å². The third-order valence-electron chi connectivity index (χ3n) is 7.23. The summed E-state index contributed by atoms with van der Waals surface area (Å²) in [5.41, 5.74) is 2.85. The minimum absolute atomic E-state index is 0.117. The molecular weight excluding hydrogens is 418 g/mol. The van der Waals surface area contributed by atoms with Gasteiger partial charge in [0.15, 0.2) is 16.6 Å². The molecule has 6 heteroatoms. The zero-order valence-corrected chi connectivity index (χ0v) is 20.2. The maximum absolute atomic E-state index is 5.66. The fraction of sp³-hybridized carbons (Fsp3) is 0.500. The van der Waals surface area contributed by atoms with Crippen molar-refractivity contribution in [3.8, 4) is 11.5 Å². The highest BCUT2D eigenvalue weighted by Gasteiger charge is 2.51. The zero-order chi connectivity index (χ0) is 22.6. The molecular formula is C26H35N3O2S. The van der Waals surface area contributed by atoms with Crippen LogP contribution >= 0.6 is 12.2 Å².